The molecule has 3 nitrogen and oxygen atoms in total. The highest BCUT2D eigenvalue weighted by molar-refractivity contribution is 6.31. The van der Waals surface area contributed by atoms with Crippen LogP contribution in [0, 0.1) is 0 Å². The van der Waals surface area contributed by atoms with Gasteiger partial charge in [-0.1, -0.05) is 41.9 Å². The minimum Gasteiger partial charge on any atom is -0.380 e. The Bertz CT molecular complexity index is 599. The molecule has 104 valence electrons. The fraction of sp³-hybridized carbons (Fsp3) is 0.188. The standard InChI is InChI=1S/C16H16ClNO2/c1-20-11-12-5-4-7-13(9-12)16(19)18-10-14-6-2-3-8-15(14)17/h2-9H,10-11H2,1H3,(H,18,19). The molecule has 0 atom stereocenters. The predicted octanol–water partition coefficient (Wildman–Crippen LogP) is 3.42. The van der Waals surface area contributed by atoms with Crippen molar-refractivity contribution in [3.05, 3.63) is 70.2 Å². The van der Waals surface area contributed by atoms with Crippen molar-refractivity contribution in [3.63, 3.8) is 0 Å². The lowest BCUT2D eigenvalue weighted by Gasteiger charge is -2.08. The Balaban J connectivity index is 2.01. The Hall–Kier alpha value is -1.84. The lowest BCUT2D eigenvalue weighted by atomic mass is 10.1. The molecule has 2 aromatic carbocycles. The fourth-order valence-corrected chi connectivity index (χ4v) is 2.09. The lowest BCUT2D eigenvalue weighted by molar-refractivity contribution is 0.0950. The highest BCUT2D eigenvalue weighted by atomic mass is 35.5. The van der Waals surface area contributed by atoms with Crippen molar-refractivity contribution < 1.29 is 9.53 Å². The van der Waals surface area contributed by atoms with Gasteiger partial charge in [0.1, 0.15) is 0 Å². The molecule has 1 amide bonds. The molecule has 0 aromatic heterocycles. The van der Waals surface area contributed by atoms with Crippen LogP contribution in [0.4, 0.5) is 0 Å². The maximum absolute atomic E-state index is 12.1. The molecule has 0 heterocycles. The highest BCUT2D eigenvalue weighted by Gasteiger charge is 2.07. The molecule has 2 aromatic rings. The first kappa shape index (κ1) is 14.6. The van der Waals surface area contributed by atoms with Crippen molar-refractivity contribution in [2.45, 2.75) is 13.2 Å². The second-order valence-corrected chi connectivity index (χ2v) is 4.81. The van der Waals surface area contributed by atoms with Crippen LogP contribution in [0.25, 0.3) is 0 Å². The number of halogens is 1. The molecule has 20 heavy (non-hydrogen) atoms. The zero-order chi connectivity index (χ0) is 14.4. The summed E-state index contributed by atoms with van der Waals surface area (Å²) < 4.78 is 5.06. The quantitative estimate of drug-likeness (QED) is 0.916. The van der Waals surface area contributed by atoms with Crippen LogP contribution < -0.4 is 5.32 Å². The monoisotopic (exact) mass is 289 g/mol. The number of methoxy groups -OCH3 is 1. The van der Waals surface area contributed by atoms with Gasteiger partial charge in [0.15, 0.2) is 0 Å². The highest BCUT2D eigenvalue weighted by Crippen LogP contribution is 2.14. The molecule has 0 aliphatic heterocycles. The summed E-state index contributed by atoms with van der Waals surface area (Å²) >= 11 is 6.05. The number of ether oxygens (including phenoxy) is 1. The summed E-state index contributed by atoms with van der Waals surface area (Å²) in [7, 11) is 1.63. The van der Waals surface area contributed by atoms with E-state index in [4.69, 9.17) is 16.3 Å². The number of rotatable bonds is 5. The Morgan fingerprint density at radius 1 is 1.20 bits per heavy atom. The van der Waals surface area contributed by atoms with Gasteiger partial charge in [0.05, 0.1) is 6.61 Å². The van der Waals surface area contributed by atoms with Gasteiger partial charge in [-0.3, -0.25) is 4.79 Å². The summed E-state index contributed by atoms with van der Waals surface area (Å²) in [5, 5.41) is 3.51. The van der Waals surface area contributed by atoms with Crippen molar-refractivity contribution in [1.29, 1.82) is 0 Å². The number of carbonyl (C=O) groups excluding carboxylic acids is 1. The van der Waals surface area contributed by atoms with E-state index in [1.807, 2.05) is 42.5 Å². The normalized spacial score (nSPS) is 10.3. The van der Waals surface area contributed by atoms with Gasteiger partial charge in [-0.2, -0.15) is 0 Å². The zero-order valence-electron chi connectivity index (χ0n) is 11.2. The molecule has 0 unspecified atom stereocenters. The van der Waals surface area contributed by atoms with Gasteiger partial charge in [0, 0.05) is 24.2 Å². The molecule has 0 fully saturated rings. The van der Waals surface area contributed by atoms with E-state index in [1.54, 1.807) is 13.2 Å². The number of benzene rings is 2. The van der Waals surface area contributed by atoms with Gasteiger partial charge in [-0.15, -0.1) is 0 Å². The second-order valence-electron chi connectivity index (χ2n) is 4.41. The van der Waals surface area contributed by atoms with Gasteiger partial charge >= 0.3 is 0 Å². The molecule has 0 spiro atoms. The lowest BCUT2D eigenvalue weighted by Crippen LogP contribution is -2.23. The smallest absolute Gasteiger partial charge is 0.251 e. The molecular formula is C16H16ClNO2. The summed E-state index contributed by atoms with van der Waals surface area (Å²) in [5.41, 5.74) is 2.49. The van der Waals surface area contributed by atoms with Crippen LogP contribution in [0.2, 0.25) is 5.02 Å². The van der Waals surface area contributed by atoms with Gasteiger partial charge in [0.25, 0.3) is 5.91 Å². The van der Waals surface area contributed by atoms with Crippen molar-refractivity contribution in [1.82, 2.24) is 5.32 Å². The number of amides is 1. The van der Waals surface area contributed by atoms with Crippen molar-refractivity contribution >= 4 is 17.5 Å². The minimum atomic E-state index is -0.122. The number of hydrogen-bond donors (Lipinski definition) is 1. The molecule has 2 rings (SSSR count). The van der Waals surface area contributed by atoms with E-state index in [0.717, 1.165) is 11.1 Å². The van der Waals surface area contributed by atoms with E-state index in [-0.39, 0.29) is 5.91 Å². The third-order valence-electron chi connectivity index (χ3n) is 2.90. The van der Waals surface area contributed by atoms with Crippen LogP contribution in [0.15, 0.2) is 48.5 Å². The second kappa shape index (κ2) is 7.08. The number of hydrogen-bond acceptors (Lipinski definition) is 2. The topological polar surface area (TPSA) is 38.3 Å². The molecule has 0 saturated heterocycles. The molecule has 0 radical (unpaired) electrons. The van der Waals surface area contributed by atoms with E-state index in [9.17, 15) is 4.79 Å². The maximum atomic E-state index is 12.1. The average molecular weight is 290 g/mol. The molecule has 0 aliphatic carbocycles. The third kappa shape index (κ3) is 3.83. The first-order valence-electron chi connectivity index (χ1n) is 6.30. The Morgan fingerprint density at radius 3 is 2.75 bits per heavy atom. The van der Waals surface area contributed by atoms with Gasteiger partial charge in [0.2, 0.25) is 0 Å². The summed E-state index contributed by atoms with van der Waals surface area (Å²) in [4.78, 5) is 12.1. The Labute approximate surface area is 123 Å². The Kier molecular flexibility index (Phi) is 5.16. The average Bonchev–Trinajstić information content (AvgIpc) is 2.47. The van der Waals surface area contributed by atoms with Gasteiger partial charge < -0.3 is 10.1 Å². The van der Waals surface area contributed by atoms with Crippen LogP contribution in [0.5, 0.6) is 0 Å². The molecule has 4 heteroatoms. The molecule has 0 aliphatic rings. The predicted molar refractivity (Wildman–Crippen MR) is 79.8 cm³/mol. The third-order valence-corrected chi connectivity index (χ3v) is 3.27. The van der Waals surface area contributed by atoms with Crippen molar-refractivity contribution in [2.24, 2.45) is 0 Å². The van der Waals surface area contributed by atoms with E-state index < -0.39 is 0 Å². The summed E-state index contributed by atoms with van der Waals surface area (Å²) in [6.07, 6.45) is 0. The van der Waals surface area contributed by atoms with Gasteiger partial charge in [-0.25, -0.2) is 0 Å². The first-order chi connectivity index (χ1) is 9.70. The van der Waals surface area contributed by atoms with E-state index >= 15 is 0 Å². The van der Waals surface area contributed by atoms with Crippen molar-refractivity contribution in [3.8, 4) is 0 Å². The van der Waals surface area contributed by atoms with E-state index in [2.05, 4.69) is 5.32 Å². The van der Waals surface area contributed by atoms with Crippen molar-refractivity contribution in [2.75, 3.05) is 7.11 Å². The van der Waals surface area contributed by atoms with E-state index in [0.29, 0.717) is 23.7 Å². The number of carbonyl (C=O) groups is 1. The summed E-state index contributed by atoms with van der Waals surface area (Å²) in [6, 6.07) is 14.8. The SMILES string of the molecule is COCc1cccc(C(=O)NCc2ccccc2Cl)c1. The van der Waals surface area contributed by atoms with Crippen LogP contribution >= 0.6 is 11.6 Å². The fourth-order valence-electron chi connectivity index (χ4n) is 1.89. The van der Waals surface area contributed by atoms with Crippen LogP contribution in [-0.4, -0.2) is 13.0 Å². The molecular weight excluding hydrogens is 274 g/mol. The maximum Gasteiger partial charge on any atom is 0.251 e. The Morgan fingerprint density at radius 2 is 2.00 bits per heavy atom. The van der Waals surface area contributed by atoms with Gasteiger partial charge in [-0.05, 0) is 29.3 Å². The number of nitrogens with one attached hydrogen (secondary N) is 1. The molecule has 1 N–H and O–H groups in total. The van der Waals surface area contributed by atoms with Crippen LogP contribution in [0.1, 0.15) is 21.5 Å². The molecule has 0 saturated carbocycles. The largest absolute Gasteiger partial charge is 0.380 e. The van der Waals surface area contributed by atoms with Crippen LogP contribution in [0.3, 0.4) is 0 Å². The summed E-state index contributed by atoms with van der Waals surface area (Å²) in [6.45, 7) is 0.901. The first-order valence-corrected chi connectivity index (χ1v) is 6.68. The van der Waals surface area contributed by atoms with Crippen LogP contribution in [-0.2, 0) is 17.9 Å². The molecule has 0 bridgehead atoms. The zero-order valence-corrected chi connectivity index (χ0v) is 12.0. The minimum absolute atomic E-state index is 0.122. The van der Waals surface area contributed by atoms with E-state index in [1.165, 1.54) is 0 Å². The summed E-state index contributed by atoms with van der Waals surface area (Å²) in [5.74, 6) is -0.122.